The second-order valence-electron chi connectivity index (χ2n) is 4.93. The summed E-state index contributed by atoms with van der Waals surface area (Å²) in [6.45, 7) is 1.84. The van der Waals surface area contributed by atoms with Crippen LogP contribution in [0.1, 0.15) is 37.5 Å². The van der Waals surface area contributed by atoms with Crippen molar-refractivity contribution in [2.45, 2.75) is 37.8 Å². The third-order valence-electron chi connectivity index (χ3n) is 3.65. The molecule has 4 heteroatoms. The van der Waals surface area contributed by atoms with Crippen molar-refractivity contribution >= 4 is 0 Å². The van der Waals surface area contributed by atoms with Gasteiger partial charge in [0.25, 0.3) is 0 Å². The lowest BCUT2D eigenvalue weighted by Gasteiger charge is -2.36. The van der Waals surface area contributed by atoms with Crippen molar-refractivity contribution in [3.63, 3.8) is 0 Å². The van der Waals surface area contributed by atoms with E-state index in [9.17, 15) is 5.11 Å². The molecule has 0 amide bonds. The smallest absolute Gasteiger partial charge is 0.109 e. The Labute approximate surface area is 108 Å². The Bertz CT molecular complexity index is 343. The first kappa shape index (κ1) is 13.5. The monoisotopic (exact) mass is 250 g/mol. The Morgan fingerprint density at radius 1 is 1.39 bits per heavy atom. The minimum absolute atomic E-state index is 0.223. The van der Waals surface area contributed by atoms with Crippen LogP contribution in [-0.2, 0) is 0 Å². The highest BCUT2D eigenvalue weighted by molar-refractivity contribution is 5.07. The SMILES string of the molecule is OCCC1CCCCN1CC(O)c1ccccn1. The second-order valence-corrected chi connectivity index (χ2v) is 4.93. The van der Waals surface area contributed by atoms with E-state index in [0.29, 0.717) is 12.6 Å². The molecule has 1 aromatic rings. The molecule has 0 saturated carbocycles. The van der Waals surface area contributed by atoms with Gasteiger partial charge in [0.2, 0.25) is 0 Å². The third-order valence-corrected chi connectivity index (χ3v) is 3.65. The van der Waals surface area contributed by atoms with Crippen LogP contribution in [0.15, 0.2) is 24.4 Å². The van der Waals surface area contributed by atoms with Gasteiger partial charge in [-0.2, -0.15) is 0 Å². The van der Waals surface area contributed by atoms with Crippen LogP contribution in [0.4, 0.5) is 0 Å². The number of nitrogens with zero attached hydrogens (tertiary/aromatic N) is 2. The average Bonchev–Trinajstić information content (AvgIpc) is 2.42. The lowest BCUT2D eigenvalue weighted by atomic mass is 9.99. The molecule has 0 aromatic carbocycles. The number of aliphatic hydroxyl groups excluding tert-OH is 2. The normalized spacial score (nSPS) is 22.9. The number of rotatable bonds is 5. The Morgan fingerprint density at radius 2 is 2.28 bits per heavy atom. The van der Waals surface area contributed by atoms with E-state index < -0.39 is 6.10 Å². The fourth-order valence-corrected chi connectivity index (χ4v) is 2.67. The fourth-order valence-electron chi connectivity index (χ4n) is 2.67. The lowest BCUT2D eigenvalue weighted by Crippen LogP contribution is -2.42. The van der Waals surface area contributed by atoms with Gasteiger partial charge in [-0.3, -0.25) is 9.88 Å². The van der Waals surface area contributed by atoms with Gasteiger partial charge in [-0.05, 0) is 37.9 Å². The first-order chi connectivity index (χ1) is 8.81. The maximum absolute atomic E-state index is 10.2. The maximum Gasteiger partial charge on any atom is 0.109 e. The number of pyridine rings is 1. The molecule has 0 aliphatic carbocycles. The molecule has 4 nitrogen and oxygen atoms in total. The molecule has 18 heavy (non-hydrogen) atoms. The summed E-state index contributed by atoms with van der Waals surface area (Å²) in [6.07, 6.45) is 5.49. The van der Waals surface area contributed by atoms with Crippen molar-refractivity contribution in [2.75, 3.05) is 19.7 Å². The summed E-state index contributed by atoms with van der Waals surface area (Å²) < 4.78 is 0. The van der Waals surface area contributed by atoms with Crippen LogP contribution >= 0.6 is 0 Å². The van der Waals surface area contributed by atoms with Gasteiger partial charge in [0, 0.05) is 25.4 Å². The van der Waals surface area contributed by atoms with Crippen LogP contribution in [0.3, 0.4) is 0 Å². The van der Waals surface area contributed by atoms with Gasteiger partial charge in [0.05, 0.1) is 5.69 Å². The van der Waals surface area contributed by atoms with Crippen LogP contribution in [0, 0.1) is 0 Å². The predicted molar refractivity (Wildman–Crippen MR) is 70.1 cm³/mol. The number of aromatic nitrogens is 1. The van der Waals surface area contributed by atoms with Gasteiger partial charge in [-0.1, -0.05) is 12.5 Å². The van der Waals surface area contributed by atoms with E-state index in [2.05, 4.69) is 9.88 Å². The third kappa shape index (κ3) is 3.51. The standard InChI is InChI=1S/C14H22N2O2/c17-10-7-12-5-2-4-9-16(12)11-14(18)13-6-1-3-8-15-13/h1,3,6,8,12,14,17-18H,2,4-5,7,9-11H2. The molecule has 0 bridgehead atoms. The molecule has 0 radical (unpaired) electrons. The minimum Gasteiger partial charge on any atom is -0.396 e. The quantitative estimate of drug-likeness (QED) is 0.828. The molecule has 2 heterocycles. The number of piperidine rings is 1. The van der Waals surface area contributed by atoms with Crippen molar-refractivity contribution in [1.82, 2.24) is 9.88 Å². The molecule has 2 unspecified atom stereocenters. The molecule has 1 aliphatic heterocycles. The van der Waals surface area contributed by atoms with Crippen molar-refractivity contribution < 1.29 is 10.2 Å². The van der Waals surface area contributed by atoms with Gasteiger partial charge < -0.3 is 10.2 Å². The summed E-state index contributed by atoms with van der Waals surface area (Å²) in [6, 6.07) is 6.01. The molecule has 1 aromatic heterocycles. The van der Waals surface area contributed by atoms with Gasteiger partial charge in [-0.15, -0.1) is 0 Å². The molecule has 1 saturated heterocycles. The van der Waals surface area contributed by atoms with Crippen LogP contribution in [0.25, 0.3) is 0 Å². The summed E-state index contributed by atoms with van der Waals surface area (Å²) in [5.74, 6) is 0. The molecule has 2 N–H and O–H groups in total. The van der Waals surface area contributed by atoms with Crippen LogP contribution in [0.5, 0.6) is 0 Å². The Morgan fingerprint density at radius 3 is 3.00 bits per heavy atom. The molecule has 0 spiro atoms. The number of β-amino-alcohol motifs (C(OH)–C–C–N with tert-alkyl or cyclic N) is 1. The maximum atomic E-state index is 10.2. The highest BCUT2D eigenvalue weighted by Gasteiger charge is 2.24. The van der Waals surface area contributed by atoms with Crippen LogP contribution < -0.4 is 0 Å². The van der Waals surface area contributed by atoms with E-state index in [1.165, 1.54) is 12.8 Å². The van der Waals surface area contributed by atoms with Gasteiger partial charge in [0.1, 0.15) is 6.10 Å². The van der Waals surface area contributed by atoms with E-state index in [1.54, 1.807) is 6.20 Å². The Balaban J connectivity index is 1.94. The molecule has 2 atom stereocenters. The highest BCUT2D eigenvalue weighted by atomic mass is 16.3. The fraction of sp³-hybridized carbons (Fsp3) is 0.643. The molecule has 1 fully saturated rings. The summed E-state index contributed by atoms with van der Waals surface area (Å²) in [7, 11) is 0. The van der Waals surface area contributed by atoms with E-state index in [4.69, 9.17) is 5.11 Å². The first-order valence-corrected chi connectivity index (χ1v) is 6.75. The number of aliphatic hydroxyl groups is 2. The van der Waals surface area contributed by atoms with Gasteiger partial charge in [0.15, 0.2) is 0 Å². The zero-order valence-electron chi connectivity index (χ0n) is 10.7. The van der Waals surface area contributed by atoms with Gasteiger partial charge >= 0.3 is 0 Å². The molecule has 2 rings (SSSR count). The van der Waals surface area contributed by atoms with Crippen molar-refractivity contribution in [2.24, 2.45) is 0 Å². The number of likely N-dealkylation sites (tertiary alicyclic amines) is 1. The molecule has 1 aliphatic rings. The summed E-state index contributed by atoms with van der Waals surface area (Å²) >= 11 is 0. The Hall–Kier alpha value is -0.970. The molecule has 100 valence electrons. The zero-order chi connectivity index (χ0) is 12.8. The summed E-state index contributed by atoms with van der Waals surface area (Å²) in [4.78, 5) is 6.48. The summed E-state index contributed by atoms with van der Waals surface area (Å²) in [5, 5.41) is 19.3. The van der Waals surface area contributed by atoms with Gasteiger partial charge in [-0.25, -0.2) is 0 Å². The summed E-state index contributed by atoms with van der Waals surface area (Å²) in [5.41, 5.74) is 0.728. The topological polar surface area (TPSA) is 56.6 Å². The van der Waals surface area contributed by atoms with Crippen molar-refractivity contribution in [1.29, 1.82) is 0 Å². The first-order valence-electron chi connectivity index (χ1n) is 6.75. The highest BCUT2D eigenvalue weighted by Crippen LogP contribution is 2.22. The van der Waals surface area contributed by atoms with Crippen LogP contribution in [-0.4, -0.2) is 45.8 Å². The van der Waals surface area contributed by atoms with Crippen molar-refractivity contribution in [3.8, 4) is 0 Å². The molecular weight excluding hydrogens is 228 g/mol. The van der Waals surface area contributed by atoms with E-state index in [0.717, 1.165) is 25.1 Å². The zero-order valence-corrected chi connectivity index (χ0v) is 10.7. The lowest BCUT2D eigenvalue weighted by molar-refractivity contribution is 0.0547. The van der Waals surface area contributed by atoms with Crippen LogP contribution in [0.2, 0.25) is 0 Å². The minimum atomic E-state index is -0.537. The predicted octanol–water partition coefficient (Wildman–Crippen LogP) is 1.35. The molecular formula is C14H22N2O2. The van der Waals surface area contributed by atoms with E-state index in [1.807, 2.05) is 18.2 Å². The Kier molecular flexibility index (Phi) is 5.11. The number of hydrogen-bond acceptors (Lipinski definition) is 4. The van der Waals surface area contributed by atoms with E-state index >= 15 is 0 Å². The van der Waals surface area contributed by atoms with Crippen molar-refractivity contribution in [3.05, 3.63) is 30.1 Å². The van der Waals surface area contributed by atoms with E-state index in [-0.39, 0.29) is 6.61 Å². The average molecular weight is 250 g/mol. The number of hydrogen-bond donors (Lipinski definition) is 2. The second kappa shape index (κ2) is 6.83. The largest absolute Gasteiger partial charge is 0.396 e.